The van der Waals surface area contributed by atoms with E-state index in [0.717, 1.165) is 70.6 Å². The number of carbonyl (C=O) groups is 1. The summed E-state index contributed by atoms with van der Waals surface area (Å²) in [6, 6.07) is -1.03. The highest BCUT2D eigenvalue weighted by molar-refractivity contribution is 7.80. The molecule has 0 aromatic carbocycles. The average Bonchev–Trinajstić information content (AvgIpc) is 3.16. The van der Waals surface area contributed by atoms with Crippen LogP contribution >= 0.6 is 0 Å². The van der Waals surface area contributed by atoms with E-state index in [-0.39, 0.29) is 6.42 Å². The van der Waals surface area contributed by atoms with Crippen LogP contribution in [0.1, 0.15) is 187 Å². The number of rotatable bonds is 37. The van der Waals surface area contributed by atoms with Crippen LogP contribution in [0.15, 0.2) is 12.2 Å². The van der Waals surface area contributed by atoms with Gasteiger partial charge in [0.2, 0.25) is 5.91 Å². The normalized spacial score (nSPS) is 22.0. The lowest BCUT2D eigenvalue weighted by molar-refractivity contribution is -0.298. The van der Waals surface area contributed by atoms with Gasteiger partial charge in [0.1, 0.15) is 30.5 Å². The second-order valence-electron chi connectivity index (χ2n) is 15.8. The molecule has 0 spiro atoms. The lowest BCUT2D eigenvalue weighted by Gasteiger charge is -2.41. The van der Waals surface area contributed by atoms with Crippen LogP contribution < -0.4 is 5.32 Å². The van der Waals surface area contributed by atoms with E-state index in [4.69, 9.17) is 14.0 Å². The molecule has 0 aromatic rings. The summed E-state index contributed by atoms with van der Waals surface area (Å²) in [5.74, 6) is -0.678. The second kappa shape index (κ2) is 33.6. The molecule has 14 heteroatoms. The molecule has 8 unspecified atom stereocenters. The third kappa shape index (κ3) is 26.0. The van der Waals surface area contributed by atoms with E-state index >= 15 is 0 Å². The molecule has 0 radical (unpaired) electrons. The Labute approximate surface area is 339 Å². The Kier molecular flexibility index (Phi) is 31.7. The number of unbranched alkanes of at least 4 members (excludes halogenated alkanes) is 22. The van der Waals surface area contributed by atoms with Gasteiger partial charge in [-0.15, -0.1) is 0 Å². The van der Waals surface area contributed by atoms with Gasteiger partial charge in [0.25, 0.3) is 0 Å². The Morgan fingerprint density at radius 2 is 1.14 bits per heavy atom. The van der Waals surface area contributed by atoms with Gasteiger partial charge in [0.05, 0.1) is 25.4 Å². The number of aliphatic hydroxyl groups is 5. The maximum absolute atomic E-state index is 13.0. The van der Waals surface area contributed by atoms with Crippen molar-refractivity contribution < 1.29 is 57.0 Å². The summed E-state index contributed by atoms with van der Waals surface area (Å²) in [6.45, 7) is 3.20. The Hall–Kier alpha value is -1.20. The summed E-state index contributed by atoms with van der Waals surface area (Å²) < 4.78 is 47.3. The van der Waals surface area contributed by atoms with Crippen LogP contribution in [0.3, 0.4) is 0 Å². The van der Waals surface area contributed by atoms with Crippen LogP contribution in [-0.2, 0) is 28.9 Å². The minimum Gasteiger partial charge on any atom is -0.394 e. The molecule has 1 fully saturated rings. The fraction of sp³-hybridized carbons (Fsp3) is 0.929. The van der Waals surface area contributed by atoms with Gasteiger partial charge in [-0.05, 0) is 38.5 Å². The van der Waals surface area contributed by atoms with Gasteiger partial charge in [0.15, 0.2) is 6.29 Å². The van der Waals surface area contributed by atoms with Gasteiger partial charge >= 0.3 is 10.4 Å². The minimum absolute atomic E-state index is 0.254. The van der Waals surface area contributed by atoms with Gasteiger partial charge in [-0.3, -0.25) is 9.35 Å². The van der Waals surface area contributed by atoms with Crippen LogP contribution in [-0.4, -0.2) is 107 Å². The van der Waals surface area contributed by atoms with E-state index in [9.17, 15) is 38.7 Å². The zero-order valence-electron chi connectivity index (χ0n) is 34.8. The molecule has 332 valence electrons. The zero-order valence-corrected chi connectivity index (χ0v) is 35.6. The molecule has 0 saturated carbocycles. The first kappa shape index (κ1) is 52.8. The van der Waals surface area contributed by atoms with Crippen molar-refractivity contribution in [2.24, 2.45) is 0 Å². The highest BCUT2D eigenvalue weighted by Gasteiger charge is 2.48. The highest BCUT2D eigenvalue weighted by atomic mass is 32.3. The Morgan fingerprint density at radius 1 is 0.696 bits per heavy atom. The van der Waals surface area contributed by atoms with E-state index in [1.54, 1.807) is 0 Å². The molecule has 13 nitrogen and oxygen atoms in total. The molecule has 0 bridgehead atoms. The van der Waals surface area contributed by atoms with Crippen molar-refractivity contribution in [3.63, 3.8) is 0 Å². The lowest BCUT2D eigenvalue weighted by Crippen LogP contribution is -2.61. The zero-order chi connectivity index (χ0) is 41.4. The molecule has 1 saturated heterocycles. The monoisotopic (exact) mass is 824 g/mol. The molecule has 56 heavy (non-hydrogen) atoms. The number of carbonyl (C=O) groups excluding carboxylic acids is 1. The standard InChI is InChI=1S/C42H81NO12S/c1-3-5-7-9-11-12-13-14-15-16-17-18-19-20-21-22-23-25-27-29-31-36(46)41(49)43-34(35(45)30-28-26-24-10-8-6-4-2)33-53-42-39(48)40(55-56(50,51)52)38(47)37(32-44)54-42/h18-19,34-40,42,44-48H,3-17,20-33H2,1-2H3,(H,43,49)(H,50,51,52)/b19-18-. The third-order valence-corrected chi connectivity index (χ3v) is 11.1. The van der Waals surface area contributed by atoms with E-state index in [1.165, 1.54) is 77.0 Å². The van der Waals surface area contributed by atoms with Gasteiger partial charge in [-0.2, -0.15) is 8.42 Å². The molecule has 1 amide bonds. The Morgan fingerprint density at radius 3 is 1.61 bits per heavy atom. The Balaban J connectivity index is 2.45. The summed E-state index contributed by atoms with van der Waals surface area (Å²) in [5.41, 5.74) is 0. The van der Waals surface area contributed by atoms with Crippen molar-refractivity contribution in [2.45, 2.75) is 236 Å². The smallest absolute Gasteiger partial charge is 0.394 e. The van der Waals surface area contributed by atoms with Crippen molar-refractivity contribution in [2.75, 3.05) is 13.2 Å². The molecule has 1 heterocycles. The molecule has 7 N–H and O–H groups in total. The number of hydrogen-bond donors (Lipinski definition) is 7. The average molecular weight is 824 g/mol. The van der Waals surface area contributed by atoms with Gasteiger partial charge in [-0.25, -0.2) is 4.18 Å². The quantitative estimate of drug-likeness (QED) is 0.0192. The molecule has 1 rings (SSSR count). The second-order valence-corrected chi connectivity index (χ2v) is 16.8. The van der Waals surface area contributed by atoms with Gasteiger partial charge in [-0.1, -0.05) is 161 Å². The highest BCUT2D eigenvalue weighted by Crippen LogP contribution is 2.26. The lowest BCUT2D eigenvalue weighted by atomic mass is 9.99. The number of allylic oxidation sites excluding steroid dienone is 2. The minimum atomic E-state index is -5.10. The molecule has 0 aliphatic carbocycles. The molecule has 8 atom stereocenters. The van der Waals surface area contributed by atoms with Crippen LogP contribution in [0.4, 0.5) is 0 Å². The predicted octanol–water partition coefficient (Wildman–Crippen LogP) is 6.97. The Bertz CT molecular complexity index is 1080. The van der Waals surface area contributed by atoms with Crippen LogP contribution in [0, 0.1) is 0 Å². The molecular weight excluding hydrogens is 743 g/mol. The molecule has 1 aliphatic rings. The topological polar surface area (TPSA) is 212 Å². The van der Waals surface area contributed by atoms with Crippen LogP contribution in [0.2, 0.25) is 0 Å². The van der Waals surface area contributed by atoms with E-state index in [2.05, 4.69) is 35.5 Å². The molecule has 0 aromatic heterocycles. The number of aliphatic hydroxyl groups excluding tert-OH is 5. The maximum Gasteiger partial charge on any atom is 0.397 e. The fourth-order valence-corrected chi connectivity index (χ4v) is 7.61. The summed E-state index contributed by atoms with van der Waals surface area (Å²) in [6.07, 6.45) is 23.0. The summed E-state index contributed by atoms with van der Waals surface area (Å²) in [5, 5.41) is 55.0. The van der Waals surface area contributed by atoms with Gasteiger partial charge < -0.3 is 40.3 Å². The van der Waals surface area contributed by atoms with Crippen LogP contribution in [0.5, 0.6) is 0 Å². The number of amides is 1. The first-order valence-corrected chi connectivity index (χ1v) is 23.5. The number of ether oxygens (including phenoxy) is 2. The van der Waals surface area contributed by atoms with Gasteiger partial charge in [0, 0.05) is 0 Å². The third-order valence-electron chi connectivity index (χ3n) is 10.7. The van der Waals surface area contributed by atoms with E-state index in [1.807, 2.05) is 0 Å². The first-order valence-electron chi connectivity index (χ1n) is 22.2. The molecular formula is C42H81NO12S. The SMILES string of the molecule is CCCCCCCCCCCC/C=C\CCCCCCCCC(O)C(=O)NC(COC1OC(CO)C(O)C(OS(=O)(=O)O)C1O)C(O)CCCCCCCCC. The number of nitrogens with one attached hydrogen (secondary N) is 1. The largest absolute Gasteiger partial charge is 0.397 e. The predicted molar refractivity (Wildman–Crippen MR) is 219 cm³/mol. The van der Waals surface area contributed by atoms with Crippen molar-refractivity contribution >= 4 is 16.3 Å². The summed E-state index contributed by atoms with van der Waals surface area (Å²) in [7, 11) is -5.10. The molecule has 1 aliphatic heterocycles. The fourth-order valence-electron chi connectivity index (χ4n) is 7.11. The van der Waals surface area contributed by atoms with E-state index in [0.29, 0.717) is 19.3 Å². The van der Waals surface area contributed by atoms with Crippen molar-refractivity contribution in [1.82, 2.24) is 5.32 Å². The summed E-state index contributed by atoms with van der Waals surface area (Å²) >= 11 is 0. The maximum atomic E-state index is 13.0. The van der Waals surface area contributed by atoms with Crippen molar-refractivity contribution in [3.05, 3.63) is 12.2 Å². The van der Waals surface area contributed by atoms with Crippen molar-refractivity contribution in [1.29, 1.82) is 0 Å². The number of hydrogen-bond acceptors (Lipinski definition) is 11. The van der Waals surface area contributed by atoms with E-state index < -0.39 is 78.5 Å². The summed E-state index contributed by atoms with van der Waals surface area (Å²) in [4.78, 5) is 13.0. The van der Waals surface area contributed by atoms with Crippen LogP contribution in [0.25, 0.3) is 0 Å². The van der Waals surface area contributed by atoms with Crippen molar-refractivity contribution in [3.8, 4) is 0 Å². The first-order chi connectivity index (χ1) is 26.9.